The number of nitrogens with one attached hydrogen (secondary N) is 2. The SMILES string of the molecule is CC(NC(=O)c1nccc2ccccc12)C1CCCNC1.Cl.Cl. The number of aromatic nitrogens is 1. The summed E-state index contributed by atoms with van der Waals surface area (Å²) in [6.45, 7) is 4.15. The van der Waals surface area contributed by atoms with Crippen molar-refractivity contribution in [3.63, 3.8) is 0 Å². The van der Waals surface area contributed by atoms with Gasteiger partial charge < -0.3 is 10.6 Å². The number of carbonyl (C=O) groups excluding carboxylic acids is 1. The lowest BCUT2D eigenvalue weighted by Gasteiger charge is -2.28. The van der Waals surface area contributed by atoms with Crippen LogP contribution in [0.25, 0.3) is 10.8 Å². The zero-order chi connectivity index (χ0) is 14.7. The monoisotopic (exact) mass is 355 g/mol. The average Bonchev–Trinajstić information content (AvgIpc) is 2.55. The first-order chi connectivity index (χ1) is 10.3. The van der Waals surface area contributed by atoms with E-state index in [1.165, 1.54) is 6.42 Å². The molecule has 2 unspecified atom stereocenters. The molecule has 1 amide bonds. The highest BCUT2D eigenvalue weighted by molar-refractivity contribution is 6.05. The van der Waals surface area contributed by atoms with E-state index in [1.807, 2.05) is 30.3 Å². The van der Waals surface area contributed by atoms with Crippen LogP contribution in [-0.4, -0.2) is 30.0 Å². The lowest BCUT2D eigenvalue weighted by molar-refractivity contribution is 0.0918. The number of rotatable bonds is 3. The Morgan fingerprint density at radius 2 is 2.09 bits per heavy atom. The summed E-state index contributed by atoms with van der Waals surface area (Å²) in [5.41, 5.74) is 0.517. The third-order valence-electron chi connectivity index (χ3n) is 4.29. The molecule has 1 saturated heterocycles. The van der Waals surface area contributed by atoms with Crippen molar-refractivity contribution in [2.24, 2.45) is 5.92 Å². The van der Waals surface area contributed by atoms with Gasteiger partial charge in [0.2, 0.25) is 0 Å². The molecule has 2 N–H and O–H groups in total. The minimum Gasteiger partial charge on any atom is -0.348 e. The first-order valence-electron chi connectivity index (χ1n) is 7.61. The van der Waals surface area contributed by atoms with Crippen molar-refractivity contribution in [1.82, 2.24) is 15.6 Å². The van der Waals surface area contributed by atoms with E-state index in [4.69, 9.17) is 0 Å². The van der Waals surface area contributed by atoms with E-state index in [2.05, 4.69) is 22.5 Å². The number of piperidine rings is 1. The fraction of sp³-hybridized carbons (Fsp3) is 0.412. The summed E-state index contributed by atoms with van der Waals surface area (Å²) in [5, 5.41) is 8.46. The van der Waals surface area contributed by atoms with Crippen molar-refractivity contribution < 1.29 is 4.79 Å². The maximum Gasteiger partial charge on any atom is 0.270 e. The largest absolute Gasteiger partial charge is 0.348 e. The molecule has 0 radical (unpaired) electrons. The quantitative estimate of drug-likeness (QED) is 0.888. The Labute approximate surface area is 149 Å². The Kier molecular flexibility index (Phi) is 7.76. The zero-order valence-corrected chi connectivity index (χ0v) is 14.8. The molecular weight excluding hydrogens is 333 g/mol. The van der Waals surface area contributed by atoms with Crippen LogP contribution in [0, 0.1) is 5.92 Å². The summed E-state index contributed by atoms with van der Waals surface area (Å²) in [6.07, 6.45) is 4.04. The van der Waals surface area contributed by atoms with E-state index >= 15 is 0 Å². The van der Waals surface area contributed by atoms with Crippen molar-refractivity contribution >= 4 is 41.5 Å². The number of carbonyl (C=O) groups is 1. The van der Waals surface area contributed by atoms with Gasteiger partial charge in [-0.2, -0.15) is 0 Å². The van der Waals surface area contributed by atoms with Crippen molar-refractivity contribution in [1.29, 1.82) is 0 Å². The van der Waals surface area contributed by atoms with Gasteiger partial charge in [0.15, 0.2) is 0 Å². The molecule has 1 aliphatic heterocycles. The highest BCUT2D eigenvalue weighted by Crippen LogP contribution is 2.18. The molecule has 126 valence electrons. The van der Waals surface area contributed by atoms with Gasteiger partial charge in [-0.05, 0) is 50.2 Å². The number of pyridine rings is 1. The first kappa shape index (κ1) is 19.7. The summed E-state index contributed by atoms with van der Waals surface area (Å²) in [6, 6.07) is 9.95. The zero-order valence-electron chi connectivity index (χ0n) is 13.1. The van der Waals surface area contributed by atoms with Crippen LogP contribution in [0.1, 0.15) is 30.3 Å². The molecule has 1 fully saturated rings. The van der Waals surface area contributed by atoms with Crippen molar-refractivity contribution in [2.45, 2.75) is 25.8 Å². The molecule has 0 aliphatic carbocycles. The molecule has 0 bridgehead atoms. The molecule has 1 aliphatic rings. The van der Waals surface area contributed by atoms with Gasteiger partial charge in [-0.3, -0.25) is 9.78 Å². The third kappa shape index (κ3) is 4.56. The number of fused-ring (bicyclic) bond motifs is 1. The lowest BCUT2D eigenvalue weighted by Crippen LogP contribution is -2.44. The number of amides is 1. The average molecular weight is 356 g/mol. The van der Waals surface area contributed by atoms with Crippen LogP contribution in [0.3, 0.4) is 0 Å². The highest BCUT2D eigenvalue weighted by atomic mass is 35.5. The molecule has 2 atom stereocenters. The standard InChI is InChI=1S/C17H21N3O.2ClH/c1-12(14-6-4-9-18-11-14)20-17(21)16-15-7-3-2-5-13(15)8-10-19-16;;/h2-3,5,7-8,10,12,14,18H,4,6,9,11H2,1H3,(H,20,21);2*1H. The second kappa shape index (κ2) is 9.06. The van der Waals surface area contributed by atoms with Gasteiger partial charge in [0.25, 0.3) is 5.91 Å². The maximum absolute atomic E-state index is 12.5. The predicted molar refractivity (Wildman–Crippen MR) is 98.8 cm³/mol. The van der Waals surface area contributed by atoms with Gasteiger partial charge in [-0.25, -0.2) is 0 Å². The van der Waals surface area contributed by atoms with Crippen molar-refractivity contribution in [3.05, 3.63) is 42.2 Å². The van der Waals surface area contributed by atoms with Crippen molar-refractivity contribution in [3.8, 4) is 0 Å². The van der Waals surface area contributed by atoms with Gasteiger partial charge >= 0.3 is 0 Å². The Morgan fingerprint density at radius 1 is 1.30 bits per heavy atom. The minimum atomic E-state index is -0.0788. The number of hydrogen-bond acceptors (Lipinski definition) is 3. The van der Waals surface area contributed by atoms with E-state index in [0.29, 0.717) is 11.6 Å². The minimum absolute atomic E-state index is 0. The normalized spacial score (nSPS) is 18.4. The summed E-state index contributed by atoms with van der Waals surface area (Å²) < 4.78 is 0. The molecule has 6 heteroatoms. The van der Waals surface area contributed by atoms with E-state index in [9.17, 15) is 4.79 Å². The van der Waals surface area contributed by atoms with E-state index in [-0.39, 0.29) is 36.8 Å². The van der Waals surface area contributed by atoms with Gasteiger partial charge in [0.1, 0.15) is 5.69 Å². The van der Waals surface area contributed by atoms with Gasteiger partial charge in [0.05, 0.1) is 0 Å². The third-order valence-corrected chi connectivity index (χ3v) is 4.29. The van der Waals surface area contributed by atoms with Crippen LogP contribution in [-0.2, 0) is 0 Å². The second-order valence-electron chi connectivity index (χ2n) is 5.75. The Balaban J connectivity index is 0.00000132. The summed E-state index contributed by atoms with van der Waals surface area (Å²) in [5.74, 6) is 0.419. The predicted octanol–water partition coefficient (Wildman–Crippen LogP) is 3.20. The molecule has 0 spiro atoms. The van der Waals surface area contributed by atoms with Crippen LogP contribution in [0.4, 0.5) is 0 Å². The number of benzene rings is 1. The van der Waals surface area contributed by atoms with Crippen LogP contribution >= 0.6 is 24.8 Å². The van der Waals surface area contributed by atoms with Gasteiger partial charge in [-0.15, -0.1) is 24.8 Å². The van der Waals surface area contributed by atoms with E-state index < -0.39 is 0 Å². The molecule has 1 aromatic heterocycles. The van der Waals surface area contributed by atoms with Crippen LogP contribution in [0.2, 0.25) is 0 Å². The molecule has 3 rings (SSSR count). The number of halogens is 2. The van der Waals surface area contributed by atoms with Crippen LogP contribution in [0.5, 0.6) is 0 Å². The summed E-state index contributed by atoms with van der Waals surface area (Å²) >= 11 is 0. The van der Waals surface area contributed by atoms with Crippen LogP contribution < -0.4 is 10.6 Å². The van der Waals surface area contributed by atoms with E-state index in [0.717, 1.165) is 30.3 Å². The molecule has 2 heterocycles. The highest BCUT2D eigenvalue weighted by Gasteiger charge is 2.22. The second-order valence-corrected chi connectivity index (χ2v) is 5.75. The molecule has 1 aromatic carbocycles. The van der Waals surface area contributed by atoms with Gasteiger partial charge in [-0.1, -0.05) is 24.3 Å². The molecule has 4 nitrogen and oxygen atoms in total. The number of hydrogen-bond donors (Lipinski definition) is 2. The summed E-state index contributed by atoms with van der Waals surface area (Å²) in [4.78, 5) is 16.8. The lowest BCUT2D eigenvalue weighted by atomic mass is 9.92. The van der Waals surface area contributed by atoms with Crippen molar-refractivity contribution in [2.75, 3.05) is 13.1 Å². The molecule has 23 heavy (non-hydrogen) atoms. The first-order valence-corrected chi connectivity index (χ1v) is 7.61. The van der Waals surface area contributed by atoms with E-state index in [1.54, 1.807) is 6.20 Å². The summed E-state index contributed by atoms with van der Waals surface area (Å²) in [7, 11) is 0. The molecule has 0 saturated carbocycles. The number of nitrogens with zero attached hydrogens (tertiary/aromatic N) is 1. The fourth-order valence-corrected chi connectivity index (χ4v) is 3.00. The Morgan fingerprint density at radius 3 is 2.83 bits per heavy atom. The maximum atomic E-state index is 12.5. The van der Waals surface area contributed by atoms with Gasteiger partial charge in [0, 0.05) is 17.6 Å². The molecule has 2 aromatic rings. The Bertz CT molecular complexity index is 639. The topological polar surface area (TPSA) is 54.0 Å². The Hall–Kier alpha value is -1.36. The van der Waals surface area contributed by atoms with Crippen LogP contribution in [0.15, 0.2) is 36.5 Å². The fourth-order valence-electron chi connectivity index (χ4n) is 3.00. The smallest absolute Gasteiger partial charge is 0.270 e. The molecular formula is C17H23Cl2N3O.